The van der Waals surface area contributed by atoms with Crippen molar-refractivity contribution in [3.8, 4) is 5.75 Å². The molecule has 0 bridgehead atoms. The maximum Gasteiger partial charge on any atom is 0.123 e. The van der Waals surface area contributed by atoms with Crippen molar-refractivity contribution in [1.29, 1.82) is 0 Å². The Balaban J connectivity index is 2.78. The molecule has 108 valence electrons. The Morgan fingerprint density at radius 2 is 2.00 bits per heavy atom. The largest absolute Gasteiger partial charge is 0.496 e. The van der Waals surface area contributed by atoms with Crippen molar-refractivity contribution in [3.63, 3.8) is 0 Å². The van der Waals surface area contributed by atoms with E-state index in [0.29, 0.717) is 0 Å². The van der Waals surface area contributed by atoms with Gasteiger partial charge in [-0.2, -0.15) is 0 Å². The molecule has 0 fully saturated rings. The molecule has 0 saturated heterocycles. The normalized spacial score (nSPS) is 15.8. The molecule has 0 aliphatic rings. The fraction of sp³-hybridized carbons (Fsp3) is 0.625. The highest BCUT2D eigenvalue weighted by molar-refractivity contribution is 5.35. The zero-order chi connectivity index (χ0) is 14.3. The van der Waals surface area contributed by atoms with Gasteiger partial charge in [0, 0.05) is 30.2 Å². The smallest absolute Gasteiger partial charge is 0.123 e. The van der Waals surface area contributed by atoms with Crippen LogP contribution >= 0.6 is 0 Å². The molecule has 0 amide bonds. The predicted molar refractivity (Wildman–Crippen MR) is 79.5 cm³/mol. The van der Waals surface area contributed by atoms with Crippen LogP contribution in [0.5, 0.6) is 5.75 Å². The number of aliphatic hydroxyl groups excluding tert-OH is 1. The molecule has 0 saturated carbocycles. The van der Waals surface area contributed by atoms with Gasteiger partial charge in [-0.1, -0.05) is 39.0 Å². The van der Waals surface area contributed by atoms with Crippen molar-refractivity contribution in [2.24, 2.45) is 5.41 Å². The Morgan fingerprint density at radius 1 is 1.32 bits per heavy atom. The number of rotatable bonds is 8. The number of ether oxygens (including phenoxy) is 1. The summed E-state index contributed by atoms with van der Waals surface area (Å²) in [5.41, 5.74) is 1.12. The van der Waals surface area contributed by atoms with E-state index in [2.05, 4.69) is 32.2 Å². The van der Waals surface area contributed by atoms with Crippen LogP contribution in [0.3, 0.4) is 0 Å². The van der Waals surface area contributed by atoms with Crippen LogP contribution in [-0.4, -0.2) is 25.4 Å². The fourth-order valence-electron chi connectivity index (χ4n) is 2.09. The number of benzene rings is 1. The van der Waals surface area contributed by atoms with Gasteiger partial charge in [-0.25, -0.2) is 0 Å². The molecule has 2 N–H and O–H groups in total. The summed E-state index contributed by atoms with van der Waals surface area (Å²) >= 11 is 0. The Bertz CT molecular complexity index is 375. The third kappa shape index (κ3) is 4.22. The van der Waals surface area contributed by atoms with E-state index in [-0.39, 0.29) is 18.1 Å². The van der Waals surface area contributed by atoms with Gasteiger partial charge in [0.25, 0.3) is 0 Å². The van der Waals surface area contributed by atoms with Gasteiger partial charge in [-0.3, -0.25) is 0 Å². The molecule has 1 aromatic rings. The highest BCUT2D eigenvalue weighted by Gasteiger charge is 2.23. The second-order valence-corrected chi connectivity index (χ2v) is 5.41. The summed E-state index contributed by atoms with van der Waals surface area (Å²) in [5, 5.41) is 13.0. The molecule has 0 radical (unpaired) electrons. The highest BCUT2D eigenvalue weighted by Crippen LogP contribution is 2.28. The average molecular weight is 265 g/mol. The van der Waals surface area contributed by atoms with Crippen molar-refractivity contribution < 1.29 is 9.84 Å². The second-order valence-electron chi connectivity index (χ2n) is 5.41. The first-order valence-corrected chi connectivity index (χ1v) is 7.07. The molecule has 0 aliphatic carbocycles. The lowest BCUT2D eigenvalue weighted by Crippen LogP contribution is -2.36. The average Bonchev–Trinajstić information content (AvgIpc) is 2.48. The molecular weight excluding hydrogens is 238 g/mol. The number of nitrogens with one attached hydrogen (secondary N) is 1. The van der Waals surface area contributed by atoms with Crippen LogP contribution in [0.2, 0.25) is 0 Å². The first-order valence-electron chi connectivity index (χ1n) is 7.07. The van der Waals surface area contributed by atoms with Gasteiger partial charge in [0.15, 0.2) is 0 Å². The number of para-hydroxylation sites is 1. The lowest BCUT2D eigenvalue weighted by molar-refractivity contribution is 0.131. The van der Waals surface area contributed by atoms with E-state index in [9.17, 15) is 5.11 Å². The summed E-state index contributed by atoms with van der Waals surface area (Å²) in [4.78, 5) is 0. The predicted octanol–water partition coefficient (Wildman–Crippen LogP) is 3.14. The van der Waals surface area contributed by atoms with Crippen molar-refractivity contribution in [3.05, 3.63) is 29.8 Å². The van der Waals surface area contributed by atoms with Crippen LogP contribution in [0.15, 0.2) is 24.3 Å². The highest BCUT2D eigenvalue weighted by atomic mass is 16.5. The SMILES string of the molecule is CCC(NCC(C)(CC)CO)c1ccccc1OC. The Kier molecular flexibility index (Phi) is 6.32. The minimum Gasteiger partial charge on any atom is -0.496 e. The van der Waals surface area contributed by atoms with Gasteiger partial charge in [-0.05, 0) is 18.9 Å². The summed E-state index contributed by atoms with van der Waals surface area (Å²) in [5.74, 6) is 0.920. The summed E-state index contributed by atoms with van der Waals surface area (Å²) in [6.07, 6.45) is 1.95. The minimum atomic E-state index is -0.0601. The molecule has 3 heteroatoms. The van der Waals surface area contributed by atoms with E-state index < -0.39 is 0 Å². The monoisotopic (exact) mass is 265 g/mol. The Hall–Kier alpha value is -1.06. The van der Waals surface area contributed by atoms with E-state index >= 15 is 0 Å². The standard InChI is InChI=1S/C16H27NO2/c1-5-14(17-11-16(3,6-2)12-18)13-9-7-8-10-15(13)19-4/h7-10,14,17-18H,5-6,11-12H2,1-4H3. The topological polar surface area (TPSA) is 41.5 Å². The van der Waals surface area contributed by atoms with Gasteiger partial charge in [0.1, 0.15) is 5.75 Å². The van der Waals surface area contributed by atoms with Crippen LogP contribution in [0.1, 0.15) is 45.2 Å². The van der Waals surface area contributed by atoms with Crippen molar-refractivity contribution in [2.45, 2.75) is 39.7 Å². The third-order valence-corrected chi connectivity index (χ3v) is 3.93. The van der Waals surface area contributed by atoms with Crippen LogP contribution in [0.25, 0.3) is 0 Å². The lowest BCUT2D eigenvalue weighted by Gasteiger charge is -2.29. The lowest BCUT2D eigenvalue weighted by atomic mass is 9.88. The molecule has 1 aromatic carbocycles. The fourth-order valence-corrected chi connectivity index (χ4v) is 2.09. The molecule has 2 unspecified atom stereocenters. The first-order chi connectivity index (χ1) is 9.10. The summed E-state index contributed by atoms with van der Waals surface area (Å²) in [7, 11) is 1.70. The molecule has 0 heterocycles. The van der Waals surface area contributed by atoms with Gasteiger partial charge in [0.2, 0.25) is 0 Å². The zero-order valence-corrected chi connectivity index (χ0v) is 12.6. The molecule has 0 aliphatic heterocycles. The van der Waals surface area contributed by atoms with Gasteiger partial charge < -0.3 is 15.2 Å². The molecule has 0 spiro atoms. The quantitative estimate of drug-likeness (QED) is 0.758. The summed E-state index contributed by atoms with van der Waals surface area (Å²) in [6, 6.07) is 8.37. The van der Waals surface area contributed by atoms with Crippen LogP contribution in [0, 0.1) is 5.41 Å². The molecular formula is C16H27NO2. The Labute approximate surface area is 117 Å². The van der Waals surface area contributed by atoms with Gasteiger partial charge >= 0.3 is 0 Å². The van der Waals surface area contributed by atoms with E-state index in [1.165, 1.54) is 5.56 Å². The second kappa shape index (κ2) is 7.51. The van der Waals surface area contributed by atoms with E-state index in [1.54, 1.807) is 7.11 Å². The van der Waals surface area contributed by atoms with E-state index in [0.717, 1.165) is 25.1 Å². The molecule has 0 aromatic heterocycles. The van der Waals surface area contributed by atoms with Gasteiger partial charge in [-0.15, -0.1) is 0 Å². The van der Waals surface area contributed by atoms with Crippen LogP contribution in [-0.2, 0) is 0 Å². The molecule has 2 atom stereocenters. The molecule has 19 heavy (non-hydrogen) atoms. The number of aliphatic hydroxyl groups is 1. The number of hydrogen-bond acceptors (Lipinski definition) is 3. The number of hydrogen-bond donors (Lipinski definition) is 2. The van der Waals surface area contributed by atoms with Gasteiger partial charge in [0.05, 0.1) is 7.11 Å². The van der Waals surface area contributed by atoms with Crippen LogP contribution < -0.4 is 10.1 Å². The molecule has 3 nitrogen and oxygen atoms in total. The van der Waals surface area contributed by atoms with Crippen LogP contribution in [0.4, 0.5) is 0 Å². The van der Waals surface area contributed by atoms with E-state index in [4.69, 9.17) is 4.74 Å². The third-order valence-electron chi connectivity index (χ3n) is 3.93. The first kappa shape index (κ1) is 16.0. The van der Waals surface area contributed by atoms with E-state index in [1.807, 2.05) is 18.2 Å². The van der Waals surface area contributed by atoms with Crippen molar-refractivity contribution in [1.82, 2.24) is 5.32 Å². The van der Waals surface area contributed by atoms with Crippen molar-refractivity contribution >= 4 is 0 Å². The minimum absolute atomic E-state index is 0.0601. The Morgan fingerprint density at radius 3 is 2.53 bits per heavy atom. The van der Waals surface area contributed by atoms with Crippen molar-refractivity contribution in [2.75, 3.05) is 20.3 Å². The maximum absolute atomic E-state index is 9.48. The maximum atomic E-state index is 9.48. The summed E-state index contributed by atoms with van der Waals surface area (Å²) in [6.45, 7) is 7.39. The summed E-state index contributed by atoms with van der Waals surface area (Å²) < 4.78 is 5.42. The number of methoxy groups -OCH3 is 1. The molecule has 1 rings (SSSR count). The zero-order valence-electron chi connectivity index (χ0n) is 12.6.